The third-order valence-corrected chi connectivity index (χ3v) is 4.84. The summed E-state index contributed by atoms with van der Waals surface area (Å²) in [4.78, 5) is 18.0. The molecule has 1 aromatic heterocycles. The monoisotopic (exact) mass is 327 g/mol. The van der Waals surface area contributed by atoms with Crippen molar-refractivity contribution in [3.8, 4) is 5.69 Å². The zero-order valence-corrected chi connectivity index (χ0v) is 14.1. The van der Waals surface area contributed by atoms with E-state index in [4.69, 9.17) is 11.5 Å². The Morgan fingerprint density at radius 1 is 1.17 bits per heavy atom. The van der Waals surface area contributed by atoms with Crippen LogP contribution in [0.4, 0.5) is 5.82 Å². The largest absolute Gasteiger partial charge is 0.383 e. The van der Waals surface area contributed by atoms with Gasteiger partial charge in [-0.1, -0.05) is 12.1 Å². The number of rotatable bonds is 4. The number of hydrogen-bond acceptors (Lipinski definition) is 5. The van der Waals surface area contributed by atoms with Gasteiger partial charge in [-0.25, -0.2) is 4.79 Å². The molecule has 2 aromatic rings. The van der Waals surface area contributed by atoms with Crippen molar-refractivity contribution in [3.63, 3.8) is 0 Å². The summed E-state index contributed by atoms with van der Waals surface area (Å²) in [5.74, 6) is 0.238. The highest BCUT2D eigenvalue weighted by molar-refractivity contribution is 5.36. The number of nitrogens with two attached hydrogens (primary N) is 2. The summed E-state index contributed by atoms with van der Waals surface area (Å²) in [6, 6.07) is 10.6. The van der Waals surface area contributed by atoms with Gasteiger partial charge < -0.3 is 11.5 Å². The molecule has 24 heavy (non-hydrogen) atoms. The molecule has 0 radical (unpaired) electrons. The summed E-state index contributed by atoms with van der Waals surface area (Å²) >= 11 is 0. The molecule has 1 saturated carbocycles. The summed E-state index contributed by atoms with van der Waals surface area (Å²) < 4.78 is 1.49. The van der Waals surface area contributed by atoms with Crippen LogP contribution in [0.15, 0.2) is 41.3 Å². The fourth-order valence-corrected chi connectivity index (χ4v) is 3.33. The van der Waals surface area contributed by atoms with Crippen molar-refractivity contribution in [1.29, 1.82) is 0 Å². The van der Waals surface area contributed by atoms with E-state index in [0.29, 0.717) is 12.1 Å². The topological polar surface area (TPSA) is 90.2 Å². The molecule has 1 aliphatic rings. The van der Waals surface area contributed by atoms with E-state index in [1.807, 2.05) is 12.1 Å². The van der Waals surface area contributed by atoms with E-state index in [9.17, 15) is 4.79 Å². The molecule has 0 aliphatic heterocycles. The molecule has 0 unspecified atom stereocenters. The van der Waals surface area contributed by atoms with E-state index < -0.39 is 0 Å². The van der Waals surface area contributed by atoms with Crippen LogP contribution in [0.2, 0.25) is 0 Å². The SMILES string of the molecule is CN(Cc1ccc(-n2ccc(N)nc2=O)cc1)C1CCC(N)CC1. The summed E-state index contributed by atoms with van der Waals surface area (Å²) in [7, 11) is 2.17. The van der Waals surface area contributed by atoms with Gasteiger partial charge in [-0.2, -0.15) is 4.98 Å². The van der Waals surface area contributed by atoms with E-state index in [2.05, 4.69) is 29.1 Å². The van der Waals surface area contributed by atoms with Crippen LogP contribution in [0.1, 0.15) is 31.2 Å². The van der Waals surface area contributed by atoms with Crippen LogP contribution in [0, 0.1) is 0 Å². The van der Waals surface area contributed by atoms with Crippen molar-refractivity contribution in [2.45, 2.75) is 44.3 Å². The minimum atomic E-state index is -0.363. The summed E-state index contributed by atoms with van der Waals surface area (Å²) in [5.41, 5.74) is 13.2. The molecular formula is C18H25N5O. The number of nitrogens with zero attached hydrogens (tertiary/aromatic N) is 3. The fraction of sp³-hybridized carbons (Fsp3) is 0.444. The van der Waals surface area contributed by atoms with Crippen LogP contribution in [-0.4, -0.2) is 33.6 Å². The predicted octanol–water partition coefficient (Wildman–Crippen LogP) is 1.52. The molecule has 4 N–H and O–H groups in total. The Kier molecular flexibility index (Phi) is 4.97. The molecule has 1 aromatic carbocycles. The quantitative estimate of drug-likeness (QED) is 0.888. The molecule has 1 aliphatic carbocycles. The molecule has 1 heterocycles. The summed E-state index contributed by atoms with van der Waals surface area (Å²) in [5, 5.41) is 0. The average Bonchev–Trinajstić information content (AvgIpc) is 2.56. The van der Waals surface area contributed by atoms with Crippen LogP contribution in [-0.2, 0) is 6.54 Å². The lowest BCUT2D eigenvalue weighted by atomic mass is 9.91. The Balaban J connectivity index is 1.67. The van der Waals surface area contributed by atoms with E-state index in [-0.39, 0.29) is 11.5 Å². The first-order valence-electron chi connectivity index (χ1n) is 8.43. The van der Waals surface area contributed by atoms with E-state index in [0.717, 1.165) is 25.1 Å². The van der Waals surface area contributed by atoms with Crippen LogP contribution in [0.5, 0.6) is 0 Å². The lowest BCUT2D eigenvalue weighted by molar-refractivity contribution is 0.176. The lowest BCUT2D eigenvalue weighted by Crippen LogP contribution is -2.38. The minimum Gasteiger partial charge on any atom is -0.383 e. The highest BCUT2D eigenvalue weighted by Crippen LogP contribution is 2.22. The van der Waals surface area contributed by atoms with Gasteiger partial charge in [-0.15, -0.1) is 0 Å². The normalized spacial score (nSPS) is 21.1. The maximum Gasteiger partial charge on any atom is 0.354 e. The van der Waals surface area contributed by atoms with Crippen molar-refractivity contribution < 1.29 is 0 Å². The molecule has 6 heteroatoms. The van der Waals surface area contributed by atoms with Gasteiger partial charge in [-0.05, 0) is 56.5 Å². The Bertz CT molecular complexity index is 732. The molecule has 0 amide bonds. The number of hydrogen-bond donors (Lipinski definition) is 2. The van der Waals surface area contributed by atoms with Crippen molar-refractivity contribution in [3.05, 3.63) is 52.6 Å². The summed E-state index contributed by atoms with van der Waals surface area (Å²) in [6.45, 7) is 0.898. The van der Waals surface area contributed by atoms with Crippen LogP contribution in [0.3, 0.4) is 0 Å². The van der Waals surface area contributed by atoms with Gasteiger partial charge in [-0.3, -0.25) is 9.47 Å². The fourth-order valence-electron chi connectivity index (χ4n) is 3.33. The molecule has 0 spiro atoms. The second-order valence-corrected chi connectivity index (χ2v) is 6.66. The number of anilines is 1. The van der Waals surface area contributed by atoms with Crippen molar-refractivity contribution in [1.82, 2.24) is 14.5 Å². The smallest absolute Gasteiger partial charge is 0.354 e. The number of nitrogen functional groups attached to an aromatic ring is 1. The number of aromatic nitrogens is 2. The van der Waals surface area contributed by atoms with Gasteiger partial charge in [0.2, 0.25) is 0 Å². The number of benzene rings is 1. The van der Waals surface area contributed by atoms with Gasteiger partial charge in [0, 0.05) is 24.8 Å². The van der Waals surface area contributed by atoms with E-state index >= 15 is 0 Å². The minimum absolute atomic E-state index is 0.238. The molecule has 1 fully saturated rings. The molecule has 128 valence electrons. The maximum absolute atomic E-state index is 11.9. The van der Waals surface area contributed by atoms with Gasteiger partial charge in [0.25, 0.3) is 0 Å². The van der Waals surface area contributed by atoms with Gasteiger partial charge in [0.05, 0.1) is 5.69 Å². The van der Waals surface area contributed by atoms with E-state index in [1.165, 1.54) is 23.0 Å². The van der Waals surface area contributed by atoms with Crippen molar-refractivity contribution >= 4 is 5.82 Å². The van der Waals surface area contributed by atoms with Gasteiger partial charge >= 0.3 is 5.69 Å². The second kappa shape index (κ2) is 7.15. The Hall–Kier alpha value is -2.18. The molecule has 0 saturated heterocycles. The first kappa shape index (κ1) is 16.7. The zero-order valence-electron chi connectivity index (χ0n) is 14.1. The second-order valence-electron chi connectivity index (χ2n) is 6.66. The predicted molar refractivity (Wildman–Crippen MR) is 95.9 cm³/mol. The van der Waals surface area contributed by atoms with Crippen molar-refractivity contribution in [2.75, 3.05) is 12.8 Å². The zero-order chi connectivity index (χ0) is 17.1. The molecule has 0 bridgehead atoms. The summed E-state index contributed by atoms with van der Waals surface area (Å²) in [6.07, 6.45) is 6.21. The third-order valence-electron chi connectivity index (χ3n) is 4.84. The Labute approximate surface area is 142 Å². The first-order chi connectivity index (χ1) is 11.5. The van der Waals surface area contributed by atoms with E-state index in [1.54, 1.807) is 12.3 Å². The molecule has 0 atom stereocenters. The molecule has 3 rings (SSSR count). The Morgan fingerprint density at radius 3 is 2.46 bits per heavy atom. The molecule has 6 nitrogen and oxygen atoms in total. The highest BCUT2D eigenvalue weighted by Gasteiger charge is 2.21. The van der Waals surface area contributed by atoms with Crippen LogP contribution >= 0.6 is 0 Å². The molecular weight excluding hydrogens is 302 g/mol. The first-order valence-corrected chi connectivity index (χ1v) is 8.43. The van der Waals surface area contributed by atoms with Crippen LogP contribution in [0.25, 0.3) is 5.69 Å². The third kappa shape index (κ3) is 3.83. The standard InChI is InChI=1S/C18H25N5O/c1-22(15-8-4-14(19)5-9-15)12-13-2-6-16(7-3-13)23-11-10-17(20)21-18(23)24/h2-3,6-7,10-11,14-15H,4-5,8-9,12,19H2,1H3,(H2,20,21,24). The van der Waals surface area contributed by atoms with Crippen molar-refractivity contribution in [2.24, 2.45) is 5.73 Å². The average molecular weight is 327 g/mol. The Morgan fingerprint density at radius 2 is 1.83 bits per heavy atom. The van der Waals surface area contributed by atoms with Crippen LogP contribution < -0.4 is 17.2 Å². The lowest BCUT2D eigenvalue weighted by Gasteiger charge is -2.33. The highest BCUT2D eigenvalue weighted by atomic mass is 16.1. The van der Waals surface area contributed by atoms with Gasteiger partial charge in [0.15, 0.2) is 0 Å². The van der Waals surface area contributed by atoms with Gasteiger partial charge in [0.1, 0.15) is 5.82 Å². The maximum atomic E-state index is 11.9.